The number of methoxy groups -OCH3 is 1. The van der Waals surface area contributed by atoms with Crippen LogP contribution in [0, 0.1) is 0 Å². The normalized spacial score (nSPS) is 15.1. The van der Waals surface area contributed by atoms with Crippen LogP contribution in [0.1, 0.15) is 50.5 Å². The summed E-state index contributed by atoms with van der Waals surface area (Å²) in [6.45, 7) is 0. The molecule has 0 radical (unpaired) electrons. The van der Waals surface area contributed by atoms with Crippen molar-refractivity contribution in [2.45, 2.75) is 38.0 Å². The first-order valence-electron chi connectivity index (χ1n) is 10.2. The number of carboxylic acids is 1. The molecule has 1 unspecified atom stereocenters. The number of aromatic carboxylic acids is 1. The maximum absolute atomic E-state index is 11.0. The van der Waals surface area contributed by atoms with E-state index in [1.165, 1.54) is 34.2 Å². The second-order valence-electron chi connectivity index (χ2n) is 7.74. The van der Waals surface area contributed by atoms with Gasteiger partial charge in [0.1, 0.15) is 5.75 Å². The average molecular weight is 386 g/mol. The molecule has 0 spiro atoms. The lowest BCUT2D eigenvalue weighted by atomic mass is 9.88. The minimum atomic E-state index is -0.878. The molecule has 3 nitrogen and oxygen atoms in total. The molecule has 0 aromatic heterocycles. The van der Waals surface area contributed by atoms with E-state index in [0.29, 0.717) is 11.5 Å². The molecular weight excluding hydrogens is 360 g/mol. The molecule has 0 amide bonds. The predicted molar refractivity (Wildman–Crippen MR) is 115 cm³/mol. The van der Waals surface area contributed by atoms with Crippen LogP contribution >= 0.6 is 0 Å². The Balaban J connectivity index is 1.53. The molecule has 4 rings (SSSR count). The summed E-state index contributed by atoms with van der Waals surface area (Å²) < 4.78 is 5.56. The van der Waals surface area contributed by atoms with E-state index >= 15 is 0 Å². The van der Waals surface area contributed by atoms with Crippen LogP contribution in [-0.4, -0.2) is 18.2 Å². The zero-order valence-corrected chi connectivity index (χ0v) is 16.7. The van der Waals surface area contributed by atoms with Gasteiger partial charge in [-0.05, 0) is 84.0 Å². The van der Waals surface area contributed by atoms with Crippen LogP contribution in [0.2, 0.25) is 0 Å². The second-order valence-corrected chi connectivity index (χ2v) is 7.74. The molecule has 1 aliphatic carbocycles. The van der Waals surface area contributed by atoms with Crippen LogP contribution in [0.4, 0.5) is 0 Å². The highest BCUT2D eigenvalue weighted by atomic mass is 16.5. The highest BCUT2D eigenvalue weighted by Gasteiger charge is 2.26. The summed E-state index contributed by atoms with van der Waals surface area (Å²) in [6, 6.07) is 22.3. The highest BCUT2D eigenvalue weighted by molar-refractivity contribution is 5.87. The largest absolute Gasteiger partial charge is 0.496 e. The van der Waals surface area contributed by atoms with E-state index < -0.39 is 5.97 Å². The van der Waals surface area contributed by atoms with Gasteiger partial charge in [0.15, 0.2) is 0 Å². The van der Waals surface area contributed by atoms with Crippen molar-refractivity contribution in [3.8, 4) is 5.75 Å². The lowest BCUT2D eigenvalue weighted by molar-refractivity contribution is 0.0697. The van der Waals surface area contributed by atoms with Gasteiger partial charge in [-0.25, -0.2) is 4.79 Å². The first-order valence-corrected chi connectivity index (χ1v) is 10.2. The molecule has 1 aliphatic rings. The van der Waals surface area contributed by atoms with Crippen LogP contribution in [0.3, 0.4) is 0 Å². The molecule has 0 fully saturated rings. The zero-order valence-electron chi connectivity index (χ0n) is 16.7. The molecule has 0 heterocycles. The number of benzene rings is 3. The van der Waals surface area contributed by atoms with E-state index in [-0.39, 0.29) is 0 Å². The maximum Gasteiger partial charge on any atom is 0.335 e. The molecule has 3 aromatic rings. The summed E-state index contributed by atoms with van der Waals surface area (Å²) in [4.78, 5) is 11.0. The molecule has 0 saturated carbocycles. The fourth-order valence-electron chi connectivity index (χ4n) is 4.53. The maximum atomic E-state index is 11.0. The van der Waals surface area contributed by atoms with Crippen molar-refractivity contribution in [3.63, 3.8) is 0 Å². The number of hydrogen-bond acceptors (Lipinski definition) is 2. The number of ether oxygens (including phenoxy) is 1. The van der Waals surface area contributed by atoms with Crippen LogP contribution in [0.25, 0.3) is 0 Å². The Bertz CT molecular complexity index is 1000. The molecule has 1 atom stereocenters. The van der Waals surface area contributed by atoms with Gasteiger partial charge in [0, 0.05) is 0 Å². The van der Waals surface area contributed by atoms with Gasteiger partial charge in [0.25, 0.3) is 0 Å². The average Bonchev–Trinajstić information content (AvgIpc) is 3.16. The molecule has 148 valence electrons. The van der Waals surface area contributed by atoms with Gasteiger partial charge < -0.3 is 9.84 Å². The summed E-state index contributed by atoms with van der Waals surface area (Å²) in [6.07, 6.45) is 5.20. The van der Waals surface area contributed by atoms with Crippen molar-refractivity contribution in [1.82, 2.24) is 0 Å². The molecule has 29 heavy (non-hydrogen) atoms. The Morgan fingerprint density at radius 3 is 2.48 bits per heavy atom. The minimum absolute atomic E-state index is 0.339. The van der Waals surface area contributed by atoms with E-state index in [1.807, 2.05) is 24.3 Å². The Kier molecular flexibility index (Phi) is 5.66. The quantitative estimate of drug-likeness (QED) is 0.587. The van der Waals surface area contributed by atoms with E-state index in [1.54, 1.807) is 19.2 Å². The number of para-hydroxylation sites is 1. The third-order valence-corrected chi connectivity index (χ3v) is 6.00. The van der Waals surface area contributed by atoms with E-state index in [4.69, 9.17) is 9.84 Å². The fraction of sp³-hybridized carbons (Fsp3) is 0.269. The van der Waals surface area contributed by atoms with Crippen molar-refractivity contribution >= 4 is 5.97 Å². The smallest absolute Gasteiger partial charge is 0.335 e. The Labute approximate surface area is 172 Å². The lowest BCUT2D eigenvalue weighted by Crippen LogP contribution is -2.05. The SMILES string of the molecule is COc1ccccc1CC1CCc2cccc(CCc3ccc(C(=O)O)cc3)c21. The molecular formula is C26H26O3. The standard InChI is InChI=1S/C26H26O3/c1-29-24-8-3-2-5-22(24)17-23-16-15-20-7-4-6-19(25(20)23)12-9-18-10-13-21(14-11-18)26(27)28/h2-8,10-11,13-14,23H,9,12,15-17H2,1H3,(H,27,28). The van der Waals surface area contributed by atoms with E-state index in [2.05, 4.69) is 30.3 Å². The van der Waals surface area contributed by atoms with E-state index in [0.717, 1.165) is 31.4 Å². The molecule has 3 aromatic carbocycles. The zero-order chi connectivity index (χ0) is 20.2. The third kappa shape index (κ3) is 4.19. The summed E-state index contributed by atoms with van der Waals surface area (Å²) in [7, 11) is 1.74. The number of carboxylic acid groups (broad SMARTS) is 1. The molecule has 0 saturated heterocycles. The Morgan fingerprint density at radius 1 is 0.966 bits per heavy atom. The summed E-state index contributed by atoms with van der Waals surface area (Å²) in [5.41, 5.74) is 7.19. The van der Waals surface area contributed by atoms with Crippen molar-refractivity contribution < 1.29 is 14.6 Å². The molecule has 1 N–H and O–H groups in total. The summed E-state index contributed by atoms with van der Waals surface area (Å²) in [5, 5.41) is 9.07. The van der Waals surface area contributed by atoms with Crippen molar-refractivity contribution in [1.29, 1.82) is 0 Å². The highest BCUT2D eigenvalue weighted by Crippen LogP contribution is 2.39. The predicted octanol–water partition coefficient (Wildman–Crippen LogP) is 5.45. The summed E-state index contributed by atoms with van der Waals surface area (Å²) in [5.74, 6) is 0.612. The van der Waals surface area contributed by atoms with Gasteiger partial charge in [0.05, 0.1) is 12.7 Å². The summed E-state index contributed by atoms with van der Waals surface area (Å²) >= 11 is 0. The first kappa shape index (κ1) is 19.3. The van der Waals surface area contributed by atoms with Crippen LogP contribution < -0.4 is 4.74 Å². The number of aryl methyl sites for hydroxylation is 3. The van der Waals surface area contributed by atoms with Gasteiger partial charge >= 0.3 is 5.97 Å². The fourth-order valence-corrected chi connectivity index (χ4v) is 4.53. The first-order chi connectivity index (χ1) is 14.2. The second kappa shape index (κ2) is 8.52. The Hall–Kier alpha value is -3.07. The number of fused-ring (bicyclic) bond motifs is 1. The minimum Gasteiger partial charge on any atom is -0.496 e. The van der Waals surface area contributed by atoms with E-state index in [9.17, 15) is 4.79 Å². The molecule has 0 bridgehead atoms. The number of rotatable bonds is 7. The van der Waals surface area contributed by atoms with Crippen LogP contribution in [-0.2, 0) is 25.7 Å². The topological polar surface area (TPSA) is 46.5 Å². The van der Waals surface area contributed by atoms with Crippen LogP contribution in [0.5, 0.6) is 5.75 Å². The van der Waals surface area contributed by atoms with Crippen LogP contribution in [0.15, 0.2) is 66.7 Å². The van der Waals surface area contributed by atoms with Gasteiger partial charge in [-0.15, -0.1) is 0 Å². The van der Waals surface area contributed by atoms with Gasteiger partial charge in [-0.3, -0.25) is 0 Å². The van der Waals surface area contributed by atoms with Crippen molar-refractivity contribution in [2.24, 2.45) is 0 Å². The molecule has 0 aliphatic heterocycles. The van der Waals surface area contributed by atoms with Gasteiger partial charge in [-0.1, -0.05) is 48.5 Å². The molecule has 3 heteroatoms. The monoisotopic (exact) mass is 386 g/mol. The third-order valence-electron chi connectivity index (χ3n) is 6.00. The van der Waals surface area contributed by atoms with Crippen molar-refractivity contribution in [3.05, 3.63) is 100 Å². The number of carbonyl (C=O) groups is 1. The lowest BCUT2D eigenvalue weighted by Gasteiger charge is -2.18. The van der Waals surface area contributed by atoms with Gasteiger partial charge in [0.2, 0.25) is 0 Å². The van der Waals surface area contributed by atoms with Crippen molar-refractivity contribution in [2.75, 3.05) is 7.11 Å². The Morgan fingerprint density at radius 2 is 1.72 bits per heavy atom. The number of hydrogen-bond donors (Lipinski definition) is 1. The van der Waals surface area contributed by atoms with Gasteiger partial charge in [-0.2, -0.15) is 0 Å².